The first kappa shape index (κ1) is 11.2. The van der Waals surface area contributed by atoms with Gasteiger partial charge >= 0.3 is 0 Å². The van der Waals surface area contributed by atoms with E-state index < -0.39 is 6.29 Å². The lowest BCUT2D eigenvalue weighted by Crippen LogP contribution is -2.10. The molecule has 0 bridgehead atoms. The summed E-state index contributed by atoms with van der Waals surface area (Å²) in [6.07, 6.45) is -0.437. The molecule has 1 rings (SSSR count). The average molecular weight is 314 g/mol. The van der Waals surface area contributed by atoms with Crippen molar-refractivity contribution in [2.75, 3.05) is 14.2 Å². The van der Waals surface area contributed by atoms with Gasteiger partial charge in [0.2, 0.25) is 6.29 Å². The smallest absolute Gasteiger partial charge is 0.216 e. The van der Waals surface area contributed by atoms with E-state index in [9.17, 15) is 0 Å². The third kappa shape index (κ3) is 2.12. The fourth-order valence-electron chi connectivity index (χ4n) is 0.979. The van der Waals surface area contributed by atoms with Gasteiger partial charge in [0.05, 0.1) is 0 Å². The normalized spacial score (nSPS) is 11.2. The fraction of sp³-hybridized carbons (Fsp3) is 0.571. The lowest BCUT2D eigenvalue weighted by molar-refractivity contribution is -0.113. The van der Waals surface area contributed by atoms with Crippen molar-refractivity contribution in [3.05, 3.63) is 15.0 Å². The molecule has 0 aliphatic carbocycles. The molecule has 0 saturated heterocycles. The highest BCUT2D eigenvalue weighted by molar-refractivity contribution is 9.13. The molecule has 0 saturated carbocycles. The minimum Gasteiger partial charge on any atom is -0.349 e. The molecular formula is C7H10Br2N2O2. The summed E-state index contributed by atoms with van der Waals surface area (Å²) in [7, 11) is 5.03. The van der Waals surface area contributed by atoms with Gasteiger partial charge in [-0.15, -0.1) is 0 Å². The van der Waals surface area contributed by atoms with Crippen LogP contribution in [0.2, 0.25) is 0 Å². The molecule has 0 unspecified atom stereocenters. The second-order valence-electron chi connectivity index (χ2n) is 2.41. The molecule has 0 aromatic carbocycles. The quantitative estimate of drug-likeness (QED) is 0.803. The van der Waals surface area contributed by atoms with Crippen LogP contribution in [-0.4, -0.2) is 23.8 Å². The Labute approximate surface area is 93.5 Å². The highest BCUT2D eigenvalue weighted by Gasteiger charge is 2.18. The maximum absolute atomic E-state index is 5.09. The Morgan fingerprint density at radius 2 is 1.85 bits per heavy atom. The van der Waals surface area contributed by atoms with Crippen molar-refractivity contribution in [2.45, 2.75) is 6.29 Å². The zero-order valence-corrected chi connectivity index (χ0v) is 10.7. The molecule has 0 aliphatic heterocycles. The van der Waals surface area contributed by atoms with E-state index in [-0.39, 0.29) is 0 Å². The van der Waals surface area contributed by atoms with Gasteiger partial charge < -0.3 is 14.0 Å². The summed E-state index contributed by atoms with van der Waals surface area (Å²) in [6.45, 7) is 0. The van der Waals surface area contributed by atoms with Gasteiger partial charge in [0.15, 0.2) is 5.82 Å². The van der Waals surface area contributed by atoms with Crippen LogP contribution in [0.25, 0.3) is 0 Å². The van der Waals surface area contributed by atoms with Crippen molar-refractivity contribution >= 4 is 31.9 Å². The Kier molecular flexibility index (Phi) is 3.90. The molecule has 0 spiro atoms. The molecule has 0 N–H and O–H groups in total. The topological polar surface area (TPSA) is 36.3 Å². The maximum Gasteiger partial charge on any atom is 0.216 e. The summed E-state index contributed by atoms with van der Waals surface area (Å²) in [5.74, 6) is 0.712. The lowest BCUT2D eigenvalue weighted by atomic mass is 10.6. The predicted molar refractivity (Wildman–Crippen MR) is 55.4 cm³/mol. The zero-order valence-electron chi connectivity index (χ0n) is 7.54. The second kappa shape index (κ2) is 4.54. The molecule has 0 aliphatic rings. The van der Waals surface area contributed by atoms with Crippen LogP contribution in [0.3, 0.4) is 0 Å². The summed E-state index contributed by atoms with van der Waals surface area (Å²) in [4.78, 5) is 4.23. The molecule has 0 amide bonds. The van der Waals surface area contributed by atoms with E-state index in [0.717, 1.165) is 9.21 Å². The SMILES string of the molecule is COC(OC)c1nc(Br)c(Br)n1C. The van der Waals surface area contributed by atoms with E-state index in [2.05, 4.69) is 36.8 Å². The first-order valence-corrected chi connectivity index (χ1v) is 5.13. The summed E-state index contributed by atoms with van der Waals surface area (Å²) in [5, 5.41) is 0. The molecule has 13 heavy (non-hydrogen) atoms. The number of hydrogen-bond donors (Lipinski definition) is 0. The van der Waals surface area contributed by atoms with Gasteiger partial charge in [0.1, 0.15) is 9.21 Å². The van der Waals surface area contributed by atoms with Gasteiger partial charge in [-0.2, -0.15) is 0 Å². The van der Waals surface area contributed by atoms with Gasteiger partial charge in [-0.25, -0.2) is 4.98 Å². The second-order valence-corrected chi connectivity index (χ2v) is 3.92. The Morgan fingerprint density at radius 1 is 1.31 bits per heavy atom. The number of nitrogens with zero attached hydrogens (tertiary/aromatic N) is 2. The third-order valence-electron chi connectivity index (χ3n) is 1.66. The van der Waals surface area contributed by atoms with Gasteiger partial charge in [0, 0.05) is 21.3 Å². The monoisotopic (exact) mass is 312 g/mol. The molecule has 1 heterocycles. The molecule has 0 fully saturated rings. The van der Waals surface area contributed by atoms with Crippen LogP contribution in [0.1, 0.15) is 12.1 Å². The third-order valence-corrected chi connectivity index (χ3v) is 3.65. The predicted octanol–water partition coefficient (Wildman–Crippen LogP) is 2.24. The van der Waals surface area contributed by atoms with E-state index in [1.54, 1.807) is 14.2 Å². The van der Waals surface area contributed by atoms with Crippen LogP contribution in [0.15, 0.2) is 9.21 Å². The van der Waals surface area contributed by atoms with Crippen LogP contribution in [0.5, 0.6) is 0 Å². The van der Waals surface area contributed by atoms with E-state index in [0.29, 0.717) is 5.82 Å². The van der Waals surface area contributed by atoms with E-state index >= 15 is 0 Å². The number of rotatable bonds is 3. The Hall–Kier alpha value is 0.0900. The number of hydrogen-bond acceptors (Lipinski definition) is 3. The Bertz CT molecular complexity index is 297. The number of halogens is 2. The van der Waals surface area contributed by atoms with E-state index in [1.807, 2.05) is 11.6 Å². The van der Waals surface area contributed by atoms with E-state index in [1.165, 1.54) is 0 Å². The van der Waals surface area contributed by atoms with Crippen LogP contribution < -0.4 is 0 Å². The van der Waals surface area contributed by atoms with Crippen LogP contribution in [0, 0.1) is 0 Å². The molecule has 0 radical (unpaired) electrons. The summed E-state index contributed by atoms with van der Waals surface area (Å²) < 4.78 is 13.6. The number of imidazole rings is 1. The lowest BCUT2D eigenvalue weighted by Gasteiger charge is -2.12. The first-order valence-electron chi connectivity index (χ1n) is 3.55. The van der Waals surface area contributed by atoms with Crippen molar-refractivity contribution in [2.24, 2.45) is 7.05 Å². The molecule has 1 aromatic rings. The minimum absolute atomic E-state index is 0.437. The minimum atomic E-state index is -0.437. The van der Waals surface area contributed by atoms with Crippen LogP contribution in [0.4, 0.5) is 0 Å². The van der Waals surface area contributed by atoms with Gasteiger partial charge in [-0.05, 0) is 31.9 Å². The summed E-state index contributed by atoms with van der Waals surface area (Å²) in [5.41, 5.74) is 0. The highest BCUT2D eigenvalue weighted by atomic mass is 79.9. The van der Waals surface area contributed by atoms with Gasteiger partial charge in [0.25, 0.3) is 0 Å². The maximum atomic E-state index is 5.09. The molecule has 0 atom stereocenters. The number of ether oxygens (including phenoxy) is 2. The number of methoxy groups -OCH3 is 2. The zero-order chi connectivity index (χ0) is 10.0. The van der Waals surface area contributed by atoms with Crippen molar-refractivity contribution in [1.82, 2.24) is 9.55 Å². The molecule has 74 valence electrons. The van der Waals surface area contributed by atoms with Crippen molar-refractivity contribution in [3.8, 4) is 0 Å². The van der Waals surface area contributed by atoms with Crippen molar-refractivity contribution in [3.63, 3.8) is 0 Å². The number of aromatic nitrogens is 2. The molecule has 1 aromatic heterocycles. The Balaban J connectivity index is 3.06. The Morgan fingerprint density at radius 3 is 2.15 bits per heavy atom. The molecular weight excluding hydrogens is 304 g/mol. The molecule has 4 nitrogen and oxygen atoms in total. The fourth-order valence-corrected chi connectivity index (χ4v) is 1.70. The van der Waals surface area contributed by atoms with Crippen molar-refractivity contribution in [1.29, 1.82) is 0 Å². The van der Waals surface area contributed by atoms with Crippen LogP contribution in [-0.2, 0) is 16.5 Å². The van der Waals surface area contributed by atoms with Crippen LogP contribution >= 0.6 is 31.9 Å². The largest absolute Gasteiger partial charge is 0.349 e. The first-order chi connectivity index (χ1) is 6.11. The average Bonchev–Trinajstić information content (AvgIpc) is 2.36. The van der Waals surface area contributed by atoms with Crippen molar-refractivity contribution < 1.29 is 9.47 Å². The van der Waals surface area contributed by atoms with Gasteiger partial charge in [-0.3, -0.25) is 0 Å². The standard InChI is InChI=1S/C7H10Br2N2O2/c1-11-5(9)4(8)10-6(11)7(12-2)13-3/h7H,1-3H3. The van der Waals surface area contributed by atoms with Gasteiger partial charge in [-0.1, -0.05) is 0 Å². The molecule has 6 heteroatoms. The van der Waals surface area contributed by atoms with E-state index in [4.69, 9.17) is 9.47 Å². The highest BCUT2D eigenvalue weighted by Crippen LogP contribution is 2.26. The summed E-state index contributed by atoms with van der Waals surface area (Å²) in [6, 6.07) is 0. The summed E-state index contributed by atoms with van der Waals surface area (Å²) >= 11 is 6.67.